The summed E-state index contributed by atoms with van der Waals surface area (Å²) in [5.74, 6) is -0.167. The second-order valence-corrected chi connectivity index (χ2v) is 5.02. The molecule has 0 spiro atoms. The number of benzene rings is 1. The Hall–Kier alpha value is -1.39. The molecule has 1 aromatic rings. The quantitative estimate of drug-likeness (QED) is 0.837. The summed E-state index contributed by atoms with van der Waals surface area (Å²) in [6.45, 7) is 7.68. The fourth-order valence-electron chi connectivity index (χ4n) is 2.76. The molecule has 2 rings (SSSR count). The first-order valence-corrected chi connectivity index (χ1v) is 6.74. The van der Waals surface area contributed by atoms with E-state index in [0.717, 1.165) is 42.9 Å². The van der Waals surface area contributed by atoms with Crippen molar-refractivity contribution in [3.05, 3.63) is 34.9 Å². The largest absolute Gasteiger partial charge is 0.468 e. The van der Waals surface area contributed by atoms with Gasteiger partial charge in [-0.25, -0.2) is 4.79 Å². The van der Waals surface area contributed by atoms with Gasteiger partial charge < -0.3 is 10.1 Å². The number of nitrogens with one attached hydrogen (secondary N) is 1. The molecule has 1 aliphatic rings. The Morgan fingerprint density at radius 3 is 2.37 bits per heavy atom. The number of carbonyl (C=O) groups is 1. The number of ether oxygens (including phenoxy) is 1. The number of esters is 1. The Labute approximate surface area is 114 Å². The molecule has 0 aliphatic carbocycles. The number of hydrogen-bond donors (Lipinski definition) is 1. The van der Waals surface area contributed by atoms with Crippen LogP contribution in [0.2, 0.25) is 0 Å². The molecule has 1 unspecified atom stereocenters. The summed E-state index contributed by atoms with van der Waals surface area (Å²) in [5.41, 5.74) is 3.39. The summed E-state index contributed by atoms with van der Waals surface area (Å²) in [5, 5.41) is 3.31. The van der Waals surface area contributed by atoms with Crippen LogP contribution in [0.25, 0.3) is 0 Å². The number of carbonyl (C=O) groups excluding carboxylic acids is 1. The minimum Gasteiger partial charge on any atom is -0.468 e. The molecule has 1 N–H and O–H groups in total. The average molecular weight is 262 g/mol. The Morgan fingerprint density at radius 1 is 1.26 bits per heavy atom. The van der Waals surface area contributed by atoms with Crippen molar-refractivity contribution in [2.45, 2.75) is 19.9 Å². The van der Waals surface area contributed by atoms with Crippen LogP contribution >= 0.6 is 0 Å². The van der Waals surface area contributed by atoms with Crippen molar-refractivity contribution in [3.63, 3.8) is 0 Å². The van der Waals surface area contributed by atoms with Crippen LogP contribution in [0.1, 0.15) is 22.7 Å². The SMILES string of the molecule is COC(=O)C(c1c(C)cccc1C)N1CCNCC1. The van der Waals surface area contributed by atoms with E-state index in [4.69, 9.17) is 4.74 Å². The van der Waals surface area contributed by atoms with Crippen LogP contribution in [-0.4, -0.2) is 44.2 Å². The summed E-state index contributed by atoms with van der Waals surface area (Å²) < 4.78 is 5.03. The highest BCUT2D eigenvalue weighted by Crippen LogP contribution is 2.28. The van der Waals surface area contributed by atoms with E-state index in [1.54, 1.807) is 0 Å². The second kappa shape index (κ2) is 6.17. The van der Waals surface area contributed by atoms with Gasteiger partial charge in [-0.3, -0.25) is 4.90 Å². The van der Waals surface area contributed by atoms with Crippen LogP contribution in [-0.2, 0) is 9.53 Å². The van der Waals surface area contributed by atoms with Gasteiger partial charge in [-0.2, -0.15) is 0 Å². The van der Waals surface area contributed by atoms with Crippen molar-refractivity contribution in [2.24, 2.45) is 0 Å². The third-order valence-corrected chi connectivity index (χ3v) is 3.76. The average Bonchev–Trinajstić information content (AvgIpc) is 2.43. The van der Waals surface area contributed by atoms with Gasteiger partial charge >= 0.3 is 5.97 Å². The van der Waals surface area contributed by atoms with Gasteiger partial charge in [0.05, 0.1) is 7.11 Å². The molecule has 4 heteroatoms. The Kier molecular flexibility index (Phi) is 4.56. The second-order valence-electron chi connectivity index (χ2n) is 5.02. The maximum atomic E-state index is 12.2. The zero-order chi connectivity index (χ0) is 13.8. The summed E-state index contributed by atoms with van der Waals surface area (Å²) in [6.07, 6.45) is 0. The zero-order valence-corrected chi connectivity index (χ0v) is 11.9. The van der Waals surface area contributed by atoms with E-state index in [2.05, 4.69) is 36.2 Å². The smallest absolute Gasteiger partial charge is 0.327 e. The fourth-order valence-corrected chi connectivity index (χ4v) is 2.76. The molecular formula is C15H22N2O2. The highest BCUT2D eigenvalue weighted by molar-refractivity contribution is 5.78. The van der Waals surface area contributed by atoms with E-state index in [9.17, 15) is 4.79 Å². The van der Waals surface area contributed by atoms with E-state index in [0.29, 0.717) is 0 Å². The third-order valence-electron chi connectivity index (χ3n) is 3.76. The third kappa shape index (κ3) is 2.96. The Bertz CT molecular complexity index is 433. The molecule has 104 valence electrons. The number of methoxy groups -OCH3 is 1. The zero-order valence-electron chi connectivity index (χ0n) is 11.9. The molecule has 0 amide bonds. The maximum Gasteiger partial charge on any atom is 0.327 e. The predicted molar refractivity (Wildman–Crippen MR) is 75.1 cm³/mol. The van der Waals surface area contributed by atoms with Crippen molar-refractivity contribution in [3.8, 4) is 0 Å². The van der Waals surface area contributed by atoms with Gasteiger partial charge in [0.1, 0.15) is 6.04 Å². The molecule has 1 heterocycles. The van der Waals surface area contributed by atoms with Crippen molar-refractivity contribution in [2.75, 3.05) is 33.3 Å². The standard InChI is InChI=1S/C15H22N2O2/c1-11-5-4-6-12(2)13(11)14(15(18)19-3)17-9-7-16-8-10-17/h4-6,14,16H,7-10H2,1-3H3. The molecule has 1 saturated heterocycles. The van der Waals surface area contributed by atoms with Crippen LogP contribution in [0.3, 0.4) is 0 Å². The van der Waals surface area contributed by atoms with Gasteiger partial charge in [-0.1, -0.05) is 18.2 Å². The van der Waals surface area contributed by atoms with Crippen LogP contribution < -0.4 is 5.32 Å². The minimum absolute atomic E-state index is 0.167. The molecular weight excluding hydrogens is 240 g/mol. The van der Waals surface area contributed by atoms with Crippen LogP contribution in [0.15, 0.2) is 18.2 Å². The first-order valence-electron chi connectivity index (χ1n) is 6.74. The van der Waals surface area contributed by atoms with E-state index in [1.165, 1.54) is 7.11 Å². The molecule has 1 fully saturated rings. The van der Waals surface area contributed by atoms with E-state index in [-0.39, 0.29) is 12.0 Å². The van der Waals surface area contributed by atoms with Gasteiger partial charge in [0, 0.05) is 26.2 Å². The number of aryl methyl sites for hydroxylation is 2. The Morgan fingerprint density at radius 2 is 1.84 bits per heavy atom. The van der Waals surface area contributed by atoms with Gasteiger partial charge in [-0.15, -0.1) is 0 Å². The fraction of sp³-hybridized carbons (Fsp3) is 0.533. The molecule has 1 aromatic carbocycles. The lowest BCUT2D eigenvalue weighted by molar-refractivity contribution is -0.147. The lowest BCUT2D eigenvalue weighted by Gasteiger charge is -2.34. The van der Waals surface area contributed by atoms with Crippen molar-refractivity contribution in [1.82, 2.24) is 10.2 Å². The first kappa shape index (κ1) is 14.0. The maximum absolute atomic E-state index is 12.2. The molecule has 0 bridgehead atoms. The molecule has 1 aliphatic heterocycles. The summed E-state index contributed by atoms with van der Waals surface area (Å²) >= 11 is 0. The number of rotatable bonds is 3. The molecule has 1 atom stereocenters. The van der Waals surface area contributed by atoms with Crippen LogP contribution in [0.4, 0.5) is 0 Å². The van der Waals surface area contributed by atoms with Crippen molar-refractivity contribution >= 4 is 5.97 Å². The summed E-state index contributed by atoms with van der Waals surface area (Å²) in [6, 6.07) is 5.86. The lowest BCUT2D eigenvalue weighted by atomic mass is 9.94. The minimum atomic E-state index is -0.284. The van der Waals surface area contributed by atoms with Crippen LogP contribution in [0.5, 0.6) is 0 Å². The van der Waals surface area contributed by atoms with Gasteiger partial charge in [-0.05, 0) is 30.5 Å². The first-order chi connectivity index (χ1) is 9.15. The highest BCUT2D eigenvalue weighted by atomic mass is 16.5. The van der Waals surface area contributed by atoms with Gasteiger partial charge in [0.15, 0.2) is 0 Å². The van der Waals surface area contributed by atoms with E-state index in [1.807, 2.05) is 6.07 Å². The topological polar surface area (TPSA) is 41.6 Å². The van der Waals surface area contributed by atoms with Crippen molar-refractivity contribution < 1.29 is 9.53 Å². The van der Waals surface area contributed by atoms with Gasteiger partial charge in [0.2, 0.25) is 0 Å². The van der Waals surface area contributed by atoms with Crippen LogP contribution in [0, 0.1) is 13.8 Å². The predicted octanol–water partition coefficient (Wildman–Crippen LogP) is 1.42. The monoisotopic (exact) mass is 262 g/mol. The van der Waals surface area contributed by atoms with E-state index >= 15 is 0 Å². The Balaban J connectivity index is 2.39. The highest BCUT2D eigenvalue weighted by Gasteiger charge is 2.31. The molecule has 0 saturated carbocycles. The number of piperazine rings is 1. The molecule has 0 aromatic heterocycles. The van der Waals surface area contributed by atoms with Crippen molar-refractivity contribution in [1.29, 1.82) is 0 Å². The normalized spacial score (nSPS) is 18.1. The van der Waals surface area contributed by atoms with E-state index < -0.39 is 0 Å². The number of hydrogen-bond acceptors (Lipinski definition) is 4. The lowest BCUT2D eigenvalue weighted by Crippen LogP contribution is -2.47. The summed E-state index contributed by atoms with van der Waals surface area (Å²) in [7, 11) is 1.46. The molecule has 4 nitrogen and oxygen atoms in total. The van der Waals surface area contributed by atoms with Gasteiger partial charge in [0.25, 0.3) is 0 Å². The number of nitrogens with zero attached hydrogens (tertiary/aromatic N) is 1. The molecule has 19 heavy (non-hydrogen) atoms. The molecule has 0 radical (unpaired) electrons. The summed E-state index contributed by atoms with van der Waals surface area (Å²) in [4.78, 5) is 14.4.